The summed E-state index contributed by atoms with van der Waals surface area (Å²) in [6, 6.07) is 10.9. The molecule has 100 valence electrons. The van der Waals surface area contributed by atoms with Crippen molar-refractivity contribution in [3.05, 3.63) is 51.5 Å². The van der Waals surface area contributed by atoms with Crippen LogP contribution in [0.2, 0.25) is 5.02 Å². The Morgan fingerprint density at radius 2 is 2.05 bits per heavy atom. The molecule has 2 rings (SSSR count). The highest BCUT2D eigenvalue weighted by molar-refractivity contribution is 9.10. The predicted molar refractivity (Wildman–Crippen MR) is 81.1 cm³/mol. The van der Waals surface area contributed by atoms with Crippen molar-refractivity contribution in [3.63, 3.8) is 0 Å². The largest absolute Gasteiger partial charge is 0.506 e. The van der Waals surface area contributed by atoms with Crippen LogP contribution in [-0.4, -0.2) is 12.2 Å². The number of rotatable bonds is 4. The molecule has 0 aliphatic carbocycles. The Morgan fingerprint density at radius 3 is 2.68 bits per heavy atom. The number of ether oxygens (including phenoxy) is 1. The average Bonchev–Trinajstić information content (AvgIpc) is 2.40. The lowest BCUT2D eigenvalue weighted by Gasteiger charge is -2.09. The van der Waals surface area contributed by atoms with E-state index in [9.17, 15) is 5.11 Å². The Morgan fingerprint density at radius 1 is 1.26 bits per heavy atom. The number of phenols is 1. The van der Waals surface area contributed by atoms with Crippen molar-refractivity contribution < 1.29 is 9.84 Å². The van der Waals surface area contributed by atoms with E-state index in [1.165, 1.54) is 0 Å². The molecule has 2 aromatic carbocycles. The number of hydrogen-bond acceptors (Lipinski definition) is 3. The Balaban J connectivity index is 2.05. The van der Waals surface area contributed by atoms with Crippen LogP contribution >= 0.6 is 27.5 Å². The molecule has 0 amide bonds. The summed E-state index contributed by atoms with van der Waals surface area (Å²) in [4.78, 5) is 0. The molecule has 0 saturated carbocycles. The Labute approximate surface area is 125 Å². The first-order valence-corrected chi connectivity index (χ1v) is 6.82. The van der Waals surface area contributed by atoms with Crippen molar-refractivity contribution in [3.8, 4) is 11.5 Å². The molecule has 0 aliphatic heterocycles. The van der Waals surface area contributed by atoms with Gasteiger partial charge in [-0.3, -0.25) is 0 Å². The van der Waals surface area contributed by atoms with Crippen molar-refractivity contribution >= 4 is 33.2 Å². The van der Waals surface area contributed by atoms with Gasteiger partial charge >= 0.3 is 0 Å². The van der Waals surface area contributed by atoms with Crippen LogP contribution in [0.5, 0.6) is 11.5 Å². The second-order valence-corrected chi connectivity index (χ2v) is 5.25. The van der Waals surface area contributed by atoms with Crippen LogP contribution in [0, 0.1) is 0 Å². The van der Waals surface area contributed by atoms with Gasteiger partial charge in [0.15, 0.2) is 0 Å². The third-order valence-electron chi connectivity index (χ3n) is 2.66. The number of methoxy groups -OCH3 is 1. The maximum absolute atomic E-state index is 9.35. The summed E-state index contributed by atoms with van der Waals surface area (Å²) in [7, 11) is 1.63. The number of aromatic hydroxyl groups is 1. The van der Waals surface area contributed by atoms with E-state index in [0.717, 1.165) is 21.5 Å². The molecule has 0 heterocycles. The predicted octanol–water partition coefficient (Wildman–Crippen LogP) is 4.43. The molecule has 2 aromatic rings. The fraction of sp³-hybridized carbons (Fsp3) is 0.143. The van der Waals surface area contributed by atoms with E-state index < -0.39 is 0 Å². The van der Waals surface area contributed by atoms with Gasteiger partial charge in [-0.05, 0) is 51.8 Å². The summed E-state index contributed by atoms with van der Waals surface area (Å²) in [5.74, 6) is 0.885. The van der Waals surface area contributed by atoms with Crippen LogP contribution in [0.3, 0.4) is 0 Å². The summed E-state index contributed by atoms with van der Waals surface area (Å²) >= 11 is 9.29. The van der Waals surface area contributed by atoms with Crippen LogP contribution < -0.4 is 10.1 Å². The Bertz CT molecular complexity index is 590. The molecular formula is C14H13BrClNO2. The second-order valence-electron chi connectivity index (χ2n) is 3.99. The maximum atomic E-state index is 9.35. The third-order valence-corrected chi connectivity index (χ3v) is 3.58. The minimum atomic E-state index is 0.0950. The van der Waals surface area contributed by atoms with Gasteiger partial charge in [0.05, 0.1) is 16.6 Å². The van der Waals surface area contributed by atoms with Crippen LogP contribution in [-0.2, 0) is 6.54 Å². The second kappa shape index (κ2) is 6.17. The summed E-state index contributed by atoms with van der Waals surface area (Å²) in [6.45, 7) is 0.624. The number of benzene rings is 2. The standard InChI is InChI=1S/C14H13BrClNO2/c1-19-14-5-3-10(7-11(14)15)17-8-9-2-4-13(18)12(16)6-9/h2-7,17-18H,8H2,1H3. The van der Waals surface area contributed by atoms with Crippen LogP contribution in [0.1, 0.15) is 5.56 Å². The number of halogens is 2. The molecule has 0 radical (unpaired) electrons. The van der Waals surface area contributed by atoms with E-state index in [2.05, 4.69) is 21.2 Å². The van der Waals surface area contributed by atoms with Gasteiger partial charge < -0.3 is 15.2 Å². The minimum Gasteiger partial charge on any atom is -0.506 e. The summed E-state index contributed by atoms with van der Waals surface area (Å²) < 4.78 is 6.06. The van der Waals surface area contributed by atoms with Gasteiger partial charge in [0.25, 0.3) is 0 Å². The van der Waals surface area contributed by atoms with Gasteiger partial charge in [-0.25, -0.2) is 0 Å². The highest BCUT2D eigenvalue weighted by Gasteiger charge is 2.03. The van der Waals surface area contributed by atoms with Gasteiger partial charge in [-0.15, -0.1) is 0 Å². The van der Waals surface area contributed by atoms with Gasteiger partial charge in [-0.2, -0.15) is 0 Å². The quantitative estimate of drug-likeness (QED) is 0.863. The highest BCUT2D eigenvalue weighted by atomic mass is 79.9. The minimum absolute atomic E-state index is 0.0950. The van der Waals surface area contributed by atoms with Gasteiger partial charge in [0, 0.05) is 12.2 Å². The topological polar surface area (TPSA) is 41.5 Å². The monoisotopic (exact) mass is 341 g/mol. The van der Waals surface area contributed by atoms with Gasteiger partial charge in [0.2, 0.25) is 0 Å². The number of hydrogen-bond donors (Lipinski definition) is 2. The summed E-state index contributed by atoms with van der Waals surface area (Å²) in [5, 5.41) is 13.0. The van der Waals surface area contributed by atoms with Crippen LogP contribution in [0.15, 0.2) is 40.9 Å². The Hall–Kier alpha value is -1.39. The first kappa shape index (κ1) is 14.0. The first-order chi connectivity index (χ1) is 9.10. The fourth-order valence-corrected chi connectivity index (χ4v) is 2.38. The van der Waals surface area contributed by atoms with Gasteiger partial charge in [0.1, 0.15) is 11.5 Å². The van der Waals surface area contributed by atoms with E-state index in [1.807, 2.05) is 24.3 Å². The van der Waals surface area contributed by atoms with E-state index in [1.54, 1.807) is 19.2 Å². The lowest BCUT2D eigenvalue weighted by Crippen LogP contribution is -1.99. The molecule has 0 unspecified atom stereocenters. The molecule has 0 saturated heterocycles. The molecule has 0 aromatic heterocycles. The van der Waals surface area contributed by atoms with E-state index in [-0.39, 0.29) is 5.75 Å². The zero-order valence-electron chi connectivity index (χ0n) is 10.3. The summed E-state index contributed by atoms with van der Waals surface area (Å²) in [5.41, 5.74) is 1.96. The van der Waals surface area contributed by atoms with Crippen molar-refractivity contribution in [2.45, 2.75) is 6.54 Å². The van der Waals surface area contributed by atoms with Crippen molar-refractivity contribution in [1.29, 1.82) is 0 Å². The van der Waals surface area contributed by atoms with E-state index >= 15 is 0 Å². The maximum Gasteiger partial charge on any atom is 0.134 e. The van der Waals surface area contributed by atoms with Crippen molar-refractivity contribution in [2.24, 2.45) is 0 Å². The molecule has 0 fully saturated rings. The van der Waals surface area contributed by atoms with Crippen LogP contribution in [0.4, 0.5) is 5.69 Å². The molecule has 0 spiro atoms. The van der Waals surface area contributed by atoms with E-state index in [4.69, 9.17) is 16.3 Å². The van der Waals surface area contributed by atoms with Gasteiger partial charge in [-0.1, -0.05) is 17.7 Å². The molecular weight excluding hydrogens is 330 g/mol. The molecule has 0 bridgehead atoms. The Kier molecular flexibility index (Phi) is 4.56. The number of nitrogens with one attached hydrogen (secondary N) is 1. The highest BCUT2D eigenvalue weighted by Crippen LogP contribution is 2.28. The number of anilines is 1. The number of phenolic OH excluding ortho intramolecular Hbond substituents is 1. The van der Waals surface area contributed by atoms with E-state index in [0.29, 0.717) is 11.6 Å². The van der Waals surface area contributed by atoms with Crippen LogP contribution in [0.25, 0.3) is 0 Å². The normalized spacial score (nSPS) is 10.3. The fourth-order valence-electron chi connectivity index (χ4n) is 1.64. The molecule has 5 heteroatoms. The molecule has 2 N–H and O–H groups in total. The first-order valence-electron chi connectivity index (χ1n) is 5.65. The van der Waals surface area contributed by atoms with Crippen molar-refractivity contribution in [1.82, 2.24) is 0 Å². The molecule has 0 atom stereocenters. The third kappa shape index (κ3) is 3.55. The molecule has 19 heavy (non-hydrogen) atoms. The molecule has 3 nitrogen and oxygen atoms in total. The lowest BCUT2D eigenvalue weighted by atomic mass is 10.2. The average molecular weight is 343 g/mol. The zero-order chi connectivity index (χ0) is 13.8. The summed E-state index contributed by atoms with van der Waals surface area (Å²) in [6.07, 6.45) is 0. The smallest absolute Gasteiger partial charge is 0.134 e. The van der Waals surface area contributed by atoms with Crippen molar-refractivity contribution in [2.75, 3.05) is 12.4 Å². The molecule has 0 aliphatic rings. The zero-order valence-corrected chi connectivity index (χ0v) is 12.6. The lowest BCUT2D eigenvalue weighted by molar-refractivity contribution is 0.412. The SMILES string of the molecule is COc1ccc(NCc2ccc(O)c(Cl)c2)cc1Br.